The van der Waals surface area contributed by atoms with Gasteiger partial charge in [0, 0.05) is 12.7 Å². The van der Waals surface area contributed by atoms with Crippen LogP contribution in [0.15, 0.2) is 48.5 Å². The number of anilines is 2. The predicted molar refractivity (Wildman–Crippen MR) is 89.8 cm³/mol. The van der Waals surface area contributed by atoms with Gasteiger partial charge >= 0.3 is 6.03 Å². The van der Waals surface area contributed by atoms with Gasteiger partial charge in [-0.3, -0.25) is 4.79 Å². The number of benzene rings is 2. The number of likely N-dealkylation sites (N-methyl/N-ethyl adjacent to an activating group) is 1. The van der Waals surface area contributed by atoms with Crippen molar-refractivity contribution in [2.24, 2.45) is 0 Å². The molecule has 6 nitrogen and oxygen atoms in total. The van der Waals surface area contributed by atoms with Gasteiger partial charge in [0.15, 0.2) is 0 Å². The molecule has 0 unspecified atom stereocenters. The van der Waals surface area contributed by atoms with Crippen LogP contribution in [-0.4, -0.2) is 26.1 Å². The lowest BCUT2D eigenvalue weighted by Crippen LogP contribution is -2.20. The highest BCUT2D eigenvalue weighted by molar-refractivity contribution is 6.00. The van der Waals surface area contributed by atoms with Crippen molar-refractivity contribution in [3.63, 3.8) is 0 Å². The van der Waals surface area contributed by atoms with E-state index in [1.54, 1.807) is 50.6 Å². The van der Waals surface area contributed by atoms with Gasteiger partial charge in [-0.1, -0.05) is 24.3 Å². The van der Waals surface area contributed by atoms with Crippen LogP contribution >= 0.6 is 0 Å². The molecule has 0 saturated heterocycles. The number of methoxy groups -OCH3 is 1. The molecular formula is C17H19N3O3. The van der Waals surface area contributed by atoms with Crippen LogP contribution in [0.5, 0.6) is 5.75 Å². The molecule has 2 rings (SSSR count). The van der Waals surface area contributed by atoms with Crippen LogP contribution in [0.1, 0.15) is 5.56 Å². The minimum atomic E-state index is -0.367. The Balaban J connectivity index is 1.96. The Morgan fingerprint density at radius 1 is 1.00 bits per heavy atom. The number of carbonyl (C=O) groups excluding carboxylic acids is 2. The lowest BCUT2D eigenvalue weighted by molar-refractivity contribution is -0.119. The Hall–Kier alpha value is -3.02. The van der Waals surface area contributed by atoms with Gasteiger partial charge in [-0.15, -0.1) is 0 Å². The number of nitrogens with one attached hydrogen (secondary N) is 3. The highest BCUT2D eigenvalue weighted by Crippen LogP contribution is 2.23. The molecule has 0 aliphatic carbocycles. The summed E-state index contributed by atoms with van der Waals surface area (Å²) in [6, 6.07) is 13.9. The van der Waals surface area contributed by atoms with E-state index in [0.29, 0.717) is 23.5 Å². The number of hydrogen-bond acceptors (Lipinski definition) is 3. The normalized spacial score (nSPS) is 9.83. The van der Waals surface area contributed by atoms with Crippen LogP contribution in [0.3, 0.4) is 0 Å². The first-order chi connectivity index (χ1) is 11.1. The largest absolute Gasteiger partial charge is 0.495 e. The van der Waals surface area contributed by atoms with E-state index < -0.39 is 0 Å². The van der Waals surface area contributed by atoms with Crippen LogP contribution in [0.4, 0.5) is 16.2 Å². The number of amides is 3. The summed E-state index contributed by atoms with van der Waals surface area (Å²) in [7, 11) is 3.14. The van der Waals surface area contributed by atoms with Crippen molar-refractivity contribution in [3.05, 3.63) is 54.1 Å². The highest BCUT2D eigenvalue weighted by Gasteiger charge is 2.07. The Labute approximate surface area is 134 Å². The van der Waals surface area contributed by atoms with Crippen LogP contribution < -0.4 is 20.7 Å². The lowest BCUT2D eigenvalue weighted by atomic mass is 10.1. The minimum absolute atomic E-state index is 0.0559. The van der Waals surface area contributed by atoms with Crippen molar-refractivity contribution in [2.45, 2.75) is 6.42 Å². The number of rotatable bonds is 5. The fraction of sp³-hybridized carbons (Fsp3) is 0.176. The molecule has 120 valence electrons. The van der Waals surface area contributed by atoms with Crippen molar-refractivity contribution in [1.82, 2.24) is 5.32 Å². The molecule has 0 radical (unpaired) electrons. The summed E-state index contributed by atoms with van der Waals surface area (Å²) in [5, 5.41) is 8.02. The quantitative estimate of drug-likeness (QED) is 0.794. The molecule has 0 heterocycles. The van der Waals surface area contributed by atoms with E-state index in [4.69, 9.17) is 4.74 Å². The van der Waals surface area contributed by atoms with Crippen LogP contribution in [0.2, 0.25) is 0 Å². The molecule has 3 amide bonds. The second kappa shape index (κ2) is 7.84. The maximum absolute atomic E-state index is 12.0. The molecular weight excluding hydrogens is 294 g/mol. The summed E-state index contributed by atoms with van der Waals surface area (Å²) in [5.74, 6) is 0.531. The zero-order valence-corrected chi connectivity index (χ0v) is 13.1. The first-order valence-electron chi connectivity index (χ1n) is 7.13. The molecule has 0 aromatic heterocycles. The molecule has 0 bridgehead atoms. The van der Waals surface area contributed by atoms with Crippen LogP contribution in [-0.2, 0) is 11.2 Å². The number of urea groups is 1. The maximum Gasteiger partial charge on any atom is 0.323 e. The summed E-state index contributed by atoms with van der Waals surface area (Å²) in [6.45, 7) is 0. The van der Waals surface area contributed by atoms with Gasteiger partial charge in [0.2, 0.25) is 5.91 Å². The molecule has 6 heteroatoms. The van der Waals surface area contributed by atoms with Crippen molar-refractivity contribution >= 4 is 23.3 Å². The molecule has 0 spiro atoms. The van der Waals surface area contributed by atoms with Crippen molar-refractivity contribution in [1.29, 1.82) is 0 Å². The van der Waals surface area contributed by atoms with Crippen molar-refractivity contribution in [3.8, 4) is 5.75 Å². The highest BCUT2D eigenvalue weighted by atomic mass is 16.5. The number of para-hydroxylation sites is 2. The Bertz CT molecular complexity index is 684. The average molecular weight is 313 g/mol. The summed E-state index contributed by atoms with van der Waals surface area (Å²) in [6.07, 6.45) is 0.310. The standard InChI is InChI=1S/C17H19N3O3/c1-18-16(21)11-12-7-9-13(10-8-12)19-17(22)20-14-5-3-4-6-15(14)23-2/h3-10H,11H2,1-2H3,(H,18,21)(H2,19,20,22). The van der Waals surface area contributed by atoms with Gasteiger partial charge in [-0.2, -0.15) is 0 Å². The molecule has 0 atom stereocenters. The third-order valence-corrected chi connectivity index (χ3v) is 3.21. The smallest absolute Gasteiger partial charge is 0.323 e. The van der Waals surface area contributed by atoms with Crippen molar-refractivity contribution in [2.75, 3.05) is 24.8 Å². The summed E-state index contributed by atoms with van der Waals surface area (Å²) < 4.78 is 5.18. The molecule has 23 heavy (non-hydrogen) atoms. The Morgan fingerprint density at radius 2 is 1.70 bits per heavy atom. The molecule has 0 aliphatic heterocycles. The van der Waals surface area contributed by atoms with Gasteiger partial charge in [0.1, 0.15) is 5.75 Å². The van der Waals surface area contributed by atoms with Gasteiger partial charge in [0.25, 0.3) is 0 Å². The molecule has 0 saturated carbocycles. The van der Waals surface area contributed by atoms with Gasteiger partial charge < -0.3 is 20.7 Å². The van der Waals surface area contributed by atoms with Gasteiger partial charge in [-0.05, 0) is 29.8 Å². The van der Waals surface area contributed by atoms with Crippen LogP contribution in [0, 0.1) is 0 Å². The van der Waals surface area contributed by atoms with Gasteiger partial charge in [-0.25, -0.2) is 4.79 Å². The summed E-state index contributed by atoms with van der Waals surface area (Å²) in [5.41, 5.74) is 2.10. The summed E-state index contributed by atoms with van der Waals surface area (Å²) >= 11 is 0. The Kier molecular flexibility index (Phi) is 5.57. The molecule has 2 aromatic carbocycles. The fourth-order valence-electron chi connectivity index (χ4n) is 2.01. The minimum Gasteiger partial charge on any atom is -0.495 e. The van der Waals surface area contributed by atoms with Crippen LogP contribution in [0.25, 0.3) is 0 Å². The van der Waals surface area contributed by atoms with Crippen molar-refractivity contribution < 1.29 is 14.3 Å². The Morgan fingerprint density at radius 3 is 2.35 bits per heavy atom. The second-order valence-corrected chi connectivity index (χ2v) is 4.83. The van der Waals surface area contributed by atoms with E-state index >= 15 is 0 Å². The zero-order valence-electron chi connectivity index (χ0n) is 13.1. The van der Waals surface area contributed by atoms with E-state index in [1.807, 2.05) is 12.1 Å². The lowest BCUT2D eigenvalue weighted by Gasteiger charge is -2.11. The number of ether oxygens (including phenoxy) is 1. The fourth-order valence-corrected chi connectivity index (χ4v) is 2.01. The first kappa shape index (κ1) is 16.4. The van der Waals surface area contributed by atoms with E-state index in [2.05, 4.69) is 16.0 Å². The third-order valence-electron chi connectivity index (χ3n) is 3.21. The van der Waals surface area contributed by atoms with Gasteiger partial charge in [0.05, 0.1) is 19.2 Å². The third kappa shape index (κ3) is 4.74. The van der Waals surface area contributed by atoms with E-state index in [-0.39, 0.29) is 11.9 Å². The monoisotopic (exact) mass is 313 g/mol. The van der Waals surface area contributed by atoms with E-state index in [9.17, 15) is 9.59 Å². The average Bonchev–Trinajstić information content (AvgIpc) is 2.57. The molecule has 0 fully saturated rings. The number of hydrogen-bond donors (Lipinski definition) is 3. The second-order valence-electron chi connectivity index (χ2n) is 4.83. The maximum atomic E-state index is 12.0. The number of carbonyl (C=O) groups is 2. The molecule has 0 aliphatic rings. The predicted octanol–water partition coefficient (Wildman–Crippen LogP) is 2.63. The SMILES string of the molecule is CNC(=O)Cc1ccc(NC(=O)Nc2ccccc2OC)cc1. The summed E-state index contributed by atoms with van der Waals surface area (Å²) in [4.78, 5) is 23.3. The van der Waals surface area contributed by atoms with E-state index in [1.165, 1.54) is 0 Å². The molecule has 2 aromatic rings. The van der Waals surface area contributed by atoms with E-state index in [0.717, 1.165) is 5.56 Å². The topological polar surface area (TPSA) is 79.5 Å². The zero-order chi connectivity index (χ0) is 16.7. The molecule has 3 N–H and O–H groups in total. The first-order valence-corrected chi connectivity index (χ1v) is 7.13.